The predicted octanol–water partition coefficient (Wildman–Crippen LogP) is 6.57. The first-order chi connectivity index (χ1) is 20.5. The molecule has 2 unspecified atom stereocenters. The molecule has 0 rings (SSSR count). The van der Waals surface area contributed by atoms with E-state index < -0.39 is 38.3 Å². The summed E-state index contributed by atoms with van der Waals surface area (Å²) in [6.45, 7) is 3.38. The van der Waals surface area contributed by atoms with Gasteiger partial charge in [0.1, 0.15) is 12.7 Å². The number of rotatable bonds is 30. The van der Waals surface area contributed by atoms with Crippen molar-refractivity contribution < 1.29 is 43.3 Å². The predicted molar refractivity (Wildman–Crippen MR) is 172 cm³/mol. The third kappa shape index (κ3) is 24.2. The van der Waals surface area contributed by atoms with Crippen molar-refractivity contribution in [1.29, 1.82) is 0 Å². The molecular weight excluding hydrogens is 569 g/mol. The van der Waals surface area contributed by atoms with Crippen molar-refractivity contribution in [3.8, 4) is 0 Å². The minimum Gasteiger partial charge on any atom is -0.774 e. The van der Waals surface area contributed by atoms with E-state index in [1.807, 2.05) is 0 Å². The van der Waals surface area contributed by atoms with Crippen LogP contribution in [-0.4, -0.2) is 77.8 Å². The quantitative estimate of drug-likeness (QED) is 0.0201. The molecule has 43 heavy (non-hydrogen) atoms. The molecule has 0 amide bonds. The van der Waals surface area contributed by atoms with Crippen molar-refractivity contribution in [2.45, 2.75) is 160 Å². The number of aliphatic hydroxyl groups excluding tert-OH is 2. The van der Waals surface area contributed by atoms with E-state index in [1.54, 1.807) is 21.0 Å². The molecule has 0 aromatic rings. The van der Waals surface area contributed by atoms with Gasteiger partial charge in [-0.1, -0.05) is 103 Å². The van der Waals surface area contributed by atoms with Crippen LogP contribution in [0.25, 0.3) is 0 Å². The van der Waals surface area contributed by atoms with Gasteiger partial charge in [0.05, 0.1) is 27.2 Å². The lowest BCUT2D eigenvalue weighted by atomic mass is 10.1. The molecule has 0 aliphatic rings. The number of hydrogen-bond donors (Lipinski definition) is 3. The highest BCUT2D eigenvalue weighted by Crippen LogP contribution is 2.48. The van der Waals surface area contributed by atoms with Gasteiger partial charge < -0.3 is 38.5 Å². The van der Waals surface area contributed by atoms with Gasteiger partial charge in [0, 0.05) is 19.3 Å². The van der Waals surface area contributed by atoms with E-state index in [4.69, 9.17) is 19.5 Å². The maximum absolute atomic E-state index is 12.7. The normalized spacial score (nSPS) is 15.2. The minimum atomic E-state index is -4.38. The Morgan fingerprint density at radius 1 is 0.791 bits per heavy atom. The number of aliphatic hydroxyl groups is 3. The third-order valence-electron chi connectivity index (χ3n) is 8.03. The molecule has 3 atom stereocenters. The fourth-order valence-electron chi connectivity index (χ4n) is 5.33. The Labute approximate surface area is 263 Å². The monoisotopic (exact) mass is 635 g/mol. The highest BCUT2D eigenvalue weighted by Gasteiger charge is 2.37. The van der Waals surface area contributed by atoms with E-state index in [0.29, 0.717) is 0 Å². The number of hydrogen-bond acceptors (Lipinski definition) is 8. The van der Waals surface area contributed by atoms with Crippen LogP contribution in [0.4, 0.5) is 0 Å². The Balaban J connectivity index is 3.81. The first-order valence-electron chi connectivity index (χ1n) is 17.1. The first-order valence-corrected chi connectivity index (χ1v) is 18.7. The summed E-state index contributed by atoms with van der Waals surface area (Å²) in [5, 5.41) is 28.3. The van der Waals surface area contributed by atoms with Crippen molar-refractivity contribution in [3.63, 3.8) is 0 Å². The molecule has 9 nitrogen and oxygen atoms in total. The van der Waals surface area contributed by atoms with Crippen molar-refractivity contribution in [3.05, 3.63) is 12.2 Å². The number of carbonyl (C=O) groups excluding carboxylic acids is 1. The summed E-state index contributed by atoms with van der Waals surface area (Å²) in [5.41, 5.74) is 0. The number of allylic oxidation sites excluding steroid dienone is 2. The van der Waals surface area contributed by atoms with Crippen LogP contribution in [0.2, 0.25) is 0 Å². The first kappa shape index (κ1) is 42.2. The Kier molecular flexibility index (Phi) is 25.9. The van der Waals surface area contributed by atoms with Gasteiger partial charge >= 0.3 is 5.97 Å². The second-order valence-electron chi connectivity index (χ2n) is 12.6. The second kappa shape index (κ2) is 26.4. The summed E-state index contributed by atoms with van der Waals surface area (Å²) >= 11 is 0. The summed E-state index contributed by atoms with van der Waals surface area (Å²) in [6.07, 6.45) is 23.4. The summed E-state index contributed by atoms with van der Waals surface area (Å²) < 4.78 is 22.9. The highest BCUT2D eigenvalue weighted by molar-refractivity contribution is 7.51. The molecule has 0 spiro atoms. The second-order valence-corrected chi connectivity index (χ2v) is 14.5. The van der Waals surface area contributed by atoms with Gasteiger partial charge in [-0.3, -0.25) is 4.79 Å². The third-order valence-corrected chi connectivity index (χ3v) is 10.3. The van der Waals surface area contributed by atoms with E-state index in [2.05, 4.69) is 19.1 Å². The molecule has 256 valence electrons. The van der Waals surface area contributed by atoms with Crippen LogP contribution in [0.5, 0.6) is 0 Å². The minimum absolute atomic E-state index is 0.00350. The maximum Gasteiger partial charge on any atom is 0.305 e. The smallest absolute Gasteiger partial charge is 0.305 e. The zero-order valence-corrected chi connectivity index (χ0v) is 28.8. The average Bonchev–Trinajstić information content (AvgIpc) is 2.95. The summed E-state index contributed by atoms with van der Waals surface area (Å²) in [7, 11) is -1.02. The molecule has 0 aliphatic heterocycles. The van der Waals surface area contributed by atoms with Crippen molar-refractivity contribution in [2.75, 3.05) is 33.9 Å². The maximum atomic E-state index is 12.7. The lowest BCUT2D eigenvalue weighted by Gasteiger charge is -2.43. The van der Waals surface area contributed by atoms with Gasteiger partial charge in [-0.05, 0) is 32.1 Å². The zero-order chi connectivity index (χ0) is 32.4. The zero-order valence-electron chi connectivity index (χ0n) is 27.9. The topological polar surface area (TPSA) is 136 Å². The Hall–Kier alpha value is -0.800. The molecule has 10 heteroatoms. The molecule has 0 aromatic heterocycles. The Bertz CT molecular complexity index is 746. The van der Waals surface area contributed by atoms with Gasteiger partial charge in [0.2, 0.25) is 0 Å². The highest BCUT2D eigenvalue weighted by atomic mass is 31.2. The molecule has 3 N–H and O–H groups in total. The average molecular weight is 636 g/mol. The molecule has 0 radical (unpaired) electrons. The fraction of sp³-hybridized carbons (Fsp3) is 0.909. The van der Waals surface area contributed by atoms with E-state index in [9.17, 15) is 19.4 Å². The van der Waals surface area contributed by atoms with Gasteiger partial charge in [-0.2, -0.15) is 0 Å². The van der Waals surface area contributed by atoms with Crippen molar-refractivity contribution >= 4 is 13.6 Å². The van der Waals surface area contributed by atoms with Crippen LogP contribution in [-0.2, 0) is 18.6 Å². The number of ether oxygens (including phenoxy) is 1. The number of carbonyl (C=O) groups is 1. The van der Waals surface area contributed by atoms with E-state index in [-0.39, 0.29) is 36.9 Å². The van der Waals surface area contributed by atoms with Gasteiger partial charge in [-0.15, -0.1) is 0 Å². The van der Waals surface area contributed by atoms with Crippen LogP contribution in [0.3, 0.4) is 0 Å². The Morgan fingerprint density at radius 3 is 1.77 bits per heavy atom. The van der Waals surface area contributed by atoms with Crippen LogP contribution in [0.15, 0.2) is 12.2 Å². The summed E-state index contributed by atoms with van der Waals surface area (Å²) in [6, 6.07) is 0. The van der Waals surface area contributed by atoms with Gasteiger partial charge in [0.15, 0.2) is 19.7 Å². The molecule has 0 fully saturated rings. The van der Waals surface area contributed by atoms with E-state index in [1.165, 1.54) is 77.0 Å². The number of unbranched alkanes of at least 4 members (excludes halogenated alkanes) is 15. The Morgan fingerprint density at radius 2 is 1.28 bits per heavy atom. The standard InChI is InChI=1S/C33H66NO8P/c1-5-7-8-9-10-11-12-13-14-15-16-17-18-19-20-21-22-23-24-25-33(38)41-28-30(35)29-42-43(39,40)31(6-2)34(3,4)27-26-32(36)37/h16-17,30-32,35-37H,5-15,18-29H2,1-4H3/b17-16-/t30-,31?/m1/s1. The number of esters is 1. The molecule has 0 aliphatic carbocycles. The van der Waals surface area contributed by atoms with Gasteiger partial charge in [0.25, 0.3) is 0 Å². The molecule has 0 saturated heterocycles. The van der Waals surface area contributed by atoms with Gasteiger partial charge in [-0.25, -0.2) is 0 Å². The van der Waals surface area contributed by atoms with Crippen LogP contribution >= 0.6 is 7.60 Å². The van der Waals surface area contributed by atoms with Crippen LogP contribution in [0, 0.1) is 0 Å². The molecule has 0 saturated carbocycles. The molecule has 0 aromatic carbocycles. The van der Waals surface area contributed by atoms with Crippen molar-refractivity contribution in [1.82, 2.24) is 0 Å². The van der Waals surface area contributed by atoms with E-state index >= 15 is 0 Å². The fourth-order valence-corrected chi connectivity index (χ4v) is 7.21. The largest absolute Gasteiger partial charge is 0.774 e. The summed E-state index contributed by atoms with van der Waals surface area (Å²) in [5.74, 6) is -1.32. The lowest BCUT2D eigenvalue weighted by molar-refractivity contribution is -0.904. The van der Waals surface area contributed by atoms with Crippen LogP contribution < -0.4 is 4.89 Å². The van der Waals surface area contributed by atoms with E-state index in [0.717, 1.165) is 32.1 Å². The summed E-state index contributed by atoms with van der Waals surface area (Å²) in [4.78, 5) is 24.7. The number of nitrogens with zero attached hydrogens (tertiary/aromatic N) is 1. The van der Waals surface area contributed by atoms with Crippen molar-refractivity contribution in [2.24, 2.45) is 0 Å². The lowest BCUT2D eigenvalue weighted by Crippen LogP contribution is -2.51. The molecule has 0 bridgehead atoms. The molecular formula is C33H66NO8P. The van der Waals surface area contributed by atoms with Crippen LogP contribution in [0.1, 0.15) is 142 Å². The molecule has 0 heterocycles. The SMILES string of the molecule is CCCCCCCCCCC/C=C\CCCCCCCCC(=O)OC[C@@H](O)COP(=O)([O-])C(CC)[N+](C)(C)CCC(O)O. The number of quaternary nitrogens is 1.